The molecule has 0 spiro atoms. The van der Waals surface area contributed by atoms with Crippen LogP contribution in [0.2, 0.25) is 0 Å². The molecule has 0 bridgehead atoms. The summed E-state index contributed by atoms with van der Waals surface area (Å²) in [5.41, 5.74) is 0. The van der Waals surface area contributed by atoms with Crippen molar-refractivity contribution in [2.45, 2.75) is 86.0 Å². The maximum absolute atomic E-state index is 3.86. The van der Waals surface area contributed by atoms with Crippen LogP contribution in [0.5, 0.6) is 0 Å². The topological polar surface area (TPSA) is 28.7 Å². The van der Waals surface area contributed by atoms with Gasteiger partial charge >= 0.3 is 111 Å². The van der Waals surface area contributed by atoms with Gasteiger partial charge in [0, 0.05) is 12.4 Å². The zero-order chi connectivity index (χ0) is 17.4. The van der Waals surface area contributed by atoms with Crippen molar-refractivity contribution in [2.24, 2.45) is 0 Å². The number of hydrogen-bond donors (Lipinski definition) is 1. The summed E-state index contributed by atoms with van der Waals surface area (Å²) in [6.45, 7) is 11.4. The Morgan fingerprint density at radius 2 is 1.17 bits per heavy atom. The number of imidazole rings is 1. The molecule has 2 nitrogen and oxygen atoms in total. The number of rotatable bonds is 12. The van der Waals surface area contributed by atoms with Crippen molar-refractivity contribution in [1.82, 2.24) is 9.97 Å². The van der Waals surface area contributed by atoms with Crippen molar-refractivity contribution < 1.29 is 0 Å². The quantitative estimate of drug-likeness (QED) is 0.423. The average Bonchev–Trinajstić information content (AvgIpc) is 3.05. The summed E-state index contributed by atoms with van der Waals surface area (Å²) in [6.07, 6.45) is 21.7. The normalized spacial score (nSPS) is 11.9. The Hall–Kier alpha value is -0.360. The fourth-order valence-electron chi connectivity index (χ4n) is 3.30. The van der Waals surface area contributed by atoms with Gasteiger partial charge in [0.25, 0.3) is 0 Å². The molecule has 1 rings (SSSR count). The molecule has 1 heterocycles. The number of nitrogens with one attached hydrogen (secondary N) is 1. The first-order valence-corrected chi connectivity index (χ1v) is 12.9. The first kappa shape index (κ1) is 22.6. The molecule has 3 heteroatoms. The van der Waals surface area contributed by atoms with Crippen LogP contribution in [0.4, 0.5) is 0 Å². The third-order valence-corrected chi connectivity index (χ3v) is 10.5. The van der Waals surface area contributed by atoms with Gasteiger partial charge in [0.2, 0.25) is 0 Å². The predicted molar refractivity (Wildman–Crippen MR) is 111 cm³/mol. The van der Waals surface area contributed by atoms with Gasteiger partial charge in [-0.25, -0.2) is 4.98 Å². The smallest absolute Gasteiger partial charge is 0.102 e. The molecular weight excluding hydrogens is 299 g/mol. The van der Waals surface area contributed by atoms with Crippen molar-refractivity contribution in [2.75, 3.05) is 24.6 Å². The second-order valence-corrected chi connectivity index (χ2v) is 12.1. The fraction of sp³-hybridized carbons (Fsp3) is 0.850. The van der Waals surface area contributed by atoms with Crippen LogP contribution in [0.25, 0.3) is 0 Å². The van der Waals surface area contributed by atoms with E-state index in [9.17, 15) is 0 Å². The molecule has 138 valence electrons. The minimum absolute atomic E-state index is 0.879. The summed E-state index contributed by atoms with van der Waals surface area (Å²) < 4.78 is 0. The molecule has 0 fully saturated rings. The molecule has 0 aromatic carbocycles. The number of unbranched alkanes of at least 4 members (excludes halogenated alkanes) is 4. The summed E-state index contributed by atoms with van der Waals surface area (Å²) in [5, 5.41) is 0. The Bertz CT molecular complexity index is 298. The van der Waals surface area contributed by atoms with Gasteiger partial charge in [-0.2, -0.15) is 0 Å². The molecule has 0 saturated carbocycles. The molecule has 0 saturated heterocycles. The van der Waals surface area contributed by atoms with Gasteiger partial charge in [-0.1, -0.05) is 0 Å². The third-order valence-electron chi connectivity index (χ3n) is 4.88. The summed E-state index contributed by atoms with van der Waals surface area (Å²) >= 11 is 0. The maximum Gasteiger partial charge on any atom is 0.102 e. The van der Waals surface area contributed by atoms with E-state index in [2.05, 4.69) is 37.7 Å². The van der Waals surface area contributed by atoms with Crippen molar-refractivity contribution >= 4 is 7.26 Å². The van der Waals surface area contributed by atoms with E-state index < -0.39 is 7.26 Å². The Morgan fingerprint density at radius 3 is 1.35 bits per heavy atom. The van der Waals surface area contributed by atoms with E-state index in [0.29, 0.717) is 0 Å². The number of aryl methyl sites for hydroxylation is 1. The van der Waals surface area contributed by atoms with E-state index in [0.717, 1.165) is 5.82 Å². The van der Waals surface area contributed by atoms with Crippen molar-refractivity contribution in [3.63, 3.8) is 0 Å². The molecule has 0 aliphatic heterocycles. The fourth-order valence-corrected chi connectivity index (χ4v) is 9.22. The number of nitrogens with zero attached hydrogens (tertiary/aromatic N) is 1. The van der Waals surface area contributed by atoms with E-state index in [1.54, 1.807) is 37.0 Å². The molecule has 0 unspecified atom stereocenters. The standard InChI is InChI=1S/C16H37P.C4H6N2/c1-5-9-13-17(14-10-6-2,15-11-7-3)16-12-8-4;1-4-5-2-3-6-4/h17H,5-16H2,1-4H3;2-3H,1H3,(H,5,6). The predicted octanol–water partition coefficient (Wildman–Crippen LogP) is 6.65. The Balaban J connectivity index is 0.000000664. The minimum atomic E-state index is -0.879. The van der Waals surface area contributed by atoms with Crippen LogP contribution < -0.4 is 0 Å². The summed E-state index contributed by atoms with van der Waals surface area (Å²) in [5.74, 6) is 0.968. The second kappa shape index (κ2) is 15.2. The molecule has 23 heavy (non-hydrogen) atoms. The second-order valence-electron chi connectivity index (χ2n) is 7.09. The monoisotopic (exact) mass is 342 g/mol. The zero-order valence-corrected chi connectivity index (χ0v) is 17.6. The van der Waals surface area contributed by atoms with Crippen molar-refractivity contribution in [3.8, 4) is 0 Å². The van der Waals surface area contributed by atoms with Gasteiger partial charge < -0.3 is 4.98 Å². The average molecular weight is 343 g/mol. The molecular formula is C20H43N2P. The van der Waals surface area contributed by atoms with Crippen LogP contribution in [0.1, 0.15) is 84.9 Å². The Labute approximate surface area is 146 Å². The van der Waals surface area contributed by atoms with Crippen molar-refractivity contribution in [1.29, 1.82) is 0 Å². The Morgan fingerprint density at radius 1 is 0.783 bits per heavy atom. The van der Waals surface area contributed by atoms with Crippen LogP contribution in [0, 0.1) is 6.92 Å². The summed E-state index contributed by atoms with van der Waals surface area (Å²) in [7, 11) is -0.879. The van der Waals surface area contributed by atoms with E-state index in [-0.39, 0.29) is 0 Å². The number of hydrogen-bond acceptors (Lipinski definition) is 1. The number of aromatic nitrogens is 2. The van der Waals surface area contributed by atoms with E-state index in [1.165, 1.54) is 51.4 Å². The first-order valence-electron chi connectivity index (χ1n) is 10.1. The van der Waals surface area contributed by atoms with E-state index in [1.807, 2.05) is 6.92 Å². The molecule has 1 N–H and O–H groups in total. The maximum atomic E-state index is 3.86. The Kier molecular flexibility index (Phi) is 14.9. The molecule has 0 atom stereocenters. The van der Waals surface area contributed by atoms with Gasteiger partial charge in [-0.15, -0.1) is 0 Å². The molecule has 1 aromatic rings. The van der Waals surface area contributed by atoms with Gasteiger partial charge in [-0.05, 0) is 6.92 Å². The van der Waals surface area contributed by atoms with Crippen LogP contribution >= 0.6 is 7.26 Å². The molecule has 1 aromatic heterocycles. The van der Waals surface area contributed by atoms with Crippen LogP contribution in [0.3, 0.4) is 0 Å². The summed E-state index contributed by atoms with van der Waals surface area (Å²) in [4.78, 5) is 6.75. The third kappa shape index (κ3) is 11.8. The molecule has 0 aliphatic carbocycles. The molecule has 0 aliphatic rings. The van der Waals surface area contributed by atoms with Crippen LogP contribution in [0.15, 0.2) is 12.4 Å². The van der Waals surface area contributed by atoms with Crippen LogP contribution in [-0.4, -0.2) is 34.6 Å². The summed E-state index contributed by atoms with van der Waals surface area (Å²) in [6, 6.07) is 0. The van der Waals surface area contributed by atoms with E-state index >= 15 is 0 Å². The largest absolute Gasteiger partial charge is 0.349 e. The molecule has 0 radical (unpaired) electrons. The molecule has 0 amide bonds. The van der Waals surface area contributed by atoms with Gasteiger partial charge in [0.15, 0.2) is 0 Å². The van der Waals surface area contributed by atoms with Gasteiger partial charge in [0.05, 0.1) is 0 Å². The first-order chi connectivity index (χ1) is 11.1. The van der Waals surface area contributed by atoms with Crippen LogP contribution in [-0.2, 0) is 0 Å². The SMILES string of the molecule is CCCC[PH](CCCC)(CCCC)CCCC.Cc1ncc[nH]1. The number of aromatic amines is 1. The van der Waals surface area contributed by atoms with Crippen molar-refractivity contribution in [3.05, 3.63) is 18.2 Å². The van der Waals surface area contributed by atoms with E-state index in [4.69, 9.17) is 0 Å². The van der Waals surface area contributed by atoms with Gasteiger partial charge in [-0.3, -0.25) is 0 Å². The zero-order valence-electron chi connectivity index (χ0n) is 16.6. The number of H-pyrrole nitrogens is 1. The minimum Gasteiger partial charge on any atom is -0.349 e. The van der Waals surface area contributed by atoms with Gasteiger partial charge in [0.1, 0.15) is 5.82 Å².